The summed E-state index contributed by atoms with van der Waals surface area (Å²) in [6.45, 7) is 6.62. The van der Waals surface area contributed by atoms with Gasteiger partial charge in [0.2, 0.25) is 5.91 Å². The van der Waals surface area contributed by atoms with Crippen molar-refractivity contribution in [2.45, 2.75) is 38.6 Å². The van der Waals surface area contributed by atoms with Gasteiger partial charge in [0.05, 0.1) is 39.8 Å². The first-order valence-electron chi connectivity index (χ1n) is 12.5. The van der Waals surface area contributed by atoms with Crippen molar-refractivity contribution in [3.05, 3.63) is 87.7 Å². The van der Waals surface area contributed by atoms with E-state index in [-0.39, 0.29) is 34.0 Å². The number of hydrogen-bond donors (Lipinski definition) is 3. The summed E-state index contributed by atoms with van der Waals surface area (Å²) in [5.41, 5.74) is 4.41. The van der Waals surface area contributed by atoms with E-state index in [0.717, 1.165) is 35.5 Å². The lowest BCUT2D eigenvalue weighted by Crippen LogP contribution is -2.38. The van der Waals surface area contributed by atoms with Crippen LogP contribution in [0.5, 0.6) is 0 Å². The number of halogens is 2. The van der Waals surface area contributed by atoms with Crippen LogP contribution in [0.1, 0.15) is 61.0 Å². The first-order chi connectivity index (χ1) is 18.3. The molecule has 3 N–H and O–H groups in total. The molecule has 7 nitrogen and oxygen atoms in total. The van der Waals surface area contributed by atoms with Gasteiger partial charge in [-0.25, -0.2) is 4.39 Å². The van der Waals surface area contributed by atoms with E-state index in [2.05, 4.69) is 29.1 Å². The third-order valence-electron chi connectivity index (χ3n) is 7.20. The minimum Gasteiger partial charge on any atom is -0.386 e. The van der Waals surface area contributed by atoms with Crippen molar-refractivity contribution in [2.75, 3.05) is 13.6 Å². The normalized spacial score (nSPS) is 22.4. The Kier molecular flexibility index (Phi) is 8.28. The summed E-state index contributed by atoms with van der Waals surface area (Å²) >= 11 is 5.99. The minimum atomic E-state index is -0.685. The highest BCUT2D eigenvalue weighted by Crippen LogP contribution is 2.36. The van der Waals surface area contributed by atoms with Gasteiger partial charge in [0.25, 0.3) is 0 Å². The number of amides is 1. The van der Waals surface area contributed by atoms with E-state index in [9.17, 15) is 14.4 Å². The Morgan fingerprint density at radius 1 is 1.37 bits per heavy atom. The van der Waals surface area contributed by atoms with Gasteiger partial charge in [-0.1, -0.05) is 31.5 Å². The highest BCUT2D eigenvalue weighted by atomic mass is 35.5. The molecule has 9 heteroatoms. The molecule has 2 aliphatic rings. The van der Waals surface area contributed by atoms with Crippen LogP contribution in [-0.2, 0) is 4.79 Å². The van der Waals surface area contributed by atoms with Crippen LogP contribution >= 0.6 is 11.6 Å². The summed E-state index contributed by atoms with van der Waals surface area (Å²) in [4.78, 5) is 19.9. The molecule has 0 spiro atoms. The molecule has 1 amide bonds. The van der Waals surface area contributed by atoms with E-state index >= 15 is 0 Å². The van der Waals surface area contributed by atoms with E-state index in [1.165, 1.54) is 24.4 Å². The van der Waals surface area contributed by atoms with Crippen LogP contribution in [0.4, 0.5) is 4.39 Å². The first-order valence-corrected chi connectivity index (χ1v) is 12.9. The largest absolute Gasteiger partial charge is 0.386 e. The maximum atomic E-state index is 14.9. The number of nitriles is 1. The molecule has 0 saturated heterocycles. The van der Waals surface area contributed by atoms with Crippen molar-refractivity contribution < 1.29 is 9.18 Å². The summed E-state index contributed by atoms with van der Waals surface area (Å²) in [6, 6.07) is 8.33. The molecule has 0 radical (unpaired) electrons. The van der Waals surface area contributed by atoms with Crippen LogP contribution in [0.25, 0.3) is 11.3 Å². The second kappa shape index (κ2) is 11.6. The van der Waals surface area contributed by atoms with Gasteiger partial charge in [-0.2, -0.15) is 5.26 Å². The average Bonchev–Trinajstić information content (AvgIpc) is 2.92. The van der Waals surface area contributed by atoms with E-state index in [1.807, 2.05) is 18.2 Å². The van der Waals surface area contributed by atoms with Gasteiger partial charge in [-0.3, -0.25) is 9.78 Å². The Morgan fingerprint density at radius 3 is 2.84 bits per heavy atom. The SMILES string of the molecule is C=C1N/C(C=N)=C(/NC)c2ccnc(c2)C(N2CCC(c3c(C#N)ccc(Cl)c3F)=CC2=O)CCCC1C. The fraction of sp³-hybridized carbons (Fsp3) is 0.310. The Morgan fingerprint density at radius 2 is 2.16 bits per heavy atom. The fourth-order valence-corrected chi connectivity index (χ4v) is 5.22. The molecule has 2 aromatic rings. The van der Waals surface area contributed by atoms with Crippen LogP contribution in [0, 0.1) is 28.5 Å². The van der Waals surface area contributed by atoms with Gasteiger partial charge < -0.3 is 20.9 Å². The Balaban J connectivity index is 1.75. The smallest absolute Gasteiger partial charge is 0.247 e. The number of fused-ring (bicyclic) bond motifs is 2. The molecule has 2 unspecified atom stereocenters. The lowest BCUT2D eigenvalue weighted by molar-refractivity contribution is -0.129. The Bertz CT molecular complexity index is 1390. The lowest BCUT2D eigenvalue weighted by Gasteiger charge is -2.35. The van der Waals surface area contributed by atoms with Crippen molar-refractivity contribution in [1.29, 1.82) is 10.7 Å². The summed E-state index contributed by atoms with van der Waals surface area (Å²) in [5.74, 6) is -0.800. The molecule has 2 bridgehead atoms. The zero-order chi connectivity index (χ0) is 27.4. The molecule has 38 heavy (non-hydrogen) atoms. The van der Waals surface area contributed by atoms with Crippen molar-refractivity contribution in [3.63, 3.8) is 0 Å². The Labute approximate surface area is 227 Å². The van der Waals surface area contributed by atoms with E-state index in [1.54, 1.807) is 18.1 Å². The zero-order valence-electron chi connectivity index (χ0n) is 21.4. The maximum absolute atomic E-state index is 14.9. The van der Waals surface area contributed by atoms with E-state index in [4.69, 9.17) is 17.0 Å². The molecule has 4 rings (SSSR count). The monoisotopic (exact) mass is 532 g/mol. The maximum Gasteiger partial charge on any atom is 0.247 e. The number of allylic oxidation sites excluding steroid dienone is 2. The van der Waals surface area contributed by atoms with Gasteiger partial charge in [0.1, 0.15) is 0 Å². The summed E-state index contributed by atoms with van der Waals surface area (Å²) in [7, 11) is 1.79. The highest BCUT2D eigenvalue weighted by molar-refractivity contribution is 6.31. The molecule has 0 fully saturated rings. The molecule has 1 aromatic heterocycles. The number of rotatable bonds is 4. The third-order valence-corrected chi connectivity index (χ3v) is 7.49. The number of hydrogen-bond acceptors (Lipinski definition) is 6. The predicted octanol–water partition coefficient (Wildman–Crippen LogP) is 5.56. The van der Waals surface area contributed by atoms with E-state index < -0.39 is 5.82 Å². The van der Waals surface area contributed by atoms with Crippen molar-refractivity contribution >= 4 is 35.0 Å². The molecule has 1 aromatic carbocycles. The van der Waals surface area contributed by atoms with E-state index in [0.29, 0.717) is 30.7 Å². The van der Waals surface area contributed by atoms with Gasteiger partial charge >= 0.3 is 0 Å². The molecule has 2 aliphatic heterocycles. The summed E-state index contributed by atoms with van der Waals surface area (Å²) in [6.07, 6.45) is 7.11. The molecular weight excluding hydrogens is 503 g/mol. The zero-order valence-corrected chi connectivity index (χ0v) is 22.2. The average molecular weight is 533 g/mol. The predicted molar refractivity (Wildman–Crippen MR) is 147 cm³/mol. The Hall–Kier alpha value is -3.96. The van der Waals surface area contributed by atoms with Gasteiger partial charge in [0.15, 0.2) is 5.82 Å². The standard InChI is InChI=1S/C29H30ClFN6O/c1-17-5-4-6-25(23-13-20(9-11-35-23)29(34-3)24(16-33)36-18(17)2)37-12-10-19(14-26(37)38)27-21(15-32)7-8-22(30)28(27)31/h7-9,11,13-14,16-17,25,33-34,36H,2,4-6,10,12H2,1,3H3/b29-24+,33-16?. The first kappa shape index (κ1) is 27.1. The lowest BCUT2D eigenvalue weighted by atomic mass is 9.91. The van der Waals surface area contributed by atoms with Crippen LogP contribution in [0.2, 0.25) is 5.02 Å². The molecule has 196 valence electrons. The van der Waals surface area contributed by atoms with Gasteiger partial charge in [-0.15, -0.1) is 0 Å². The second-order valence-electron chi connectivity index (χ2n) is 9.50. The molecule has 3 heterocycles. The van der Waals surface area contributed by atoms with Crippen LogP contribution < -0.4 is 10.6 Å². The topological polar surface area (TPSA) is 105 Å². The van der Waals surface area contributed by atoms with Crippen molar-refractivity contribution in [3.8, 4) is 6.07 Å². The number of carbonyl (C=O) groups is 1. The fourth-order valence-electron chi connectivity index (χ4n) is 5.06. The summed E-state index contributed by atoms with van der Waals surface area (Å²) < 4.78 is 14.9. The molecular formula is C29H30ClFN6O. The molecule has 0 aliphatic carbocycles. The highest BCUT2D eigenvalue weighted by Gasteiger charge is 2.31. The number of carbonyl (C=O) groups excluding carboxylic acids is 1. The van der Waals surface area contributed by atoms with Gasteiger partial charge in [-0.05, 0) is 55.0 Å². The molecule has 2 atom stereocenters. The summed E-state index contributed by atoms with van der Waals surface area (Å²) in [5, 5.41) is 23.9. The van der Waals surface area contributed by atoms with Crippen molar-refractivity contribution in [2.24, 2.45) is 5.92 Å². The third kappa shape index (κ3) is 5.34. The quantitative estimate of drug-likeness (QED) is 0.447. The number of nitrogens with zero attached hydrogens (tertiary/aromatic N) is 3. The van der Waals surface area contributed by atoms with Gasteiger partial charge in [0, 0.05) is 48.9 Å². The van der Waals surface area contributed by atoms with Crippen LogP contribution in [-0.4, -0.2) is 35.6 Å². The second-order valence-corrected chi connectivity index (χ2v) is 9.90. The van der Waals surface area contributed by atoms with Crippen molar-refractivity contribution in [1.82, 2.24) is 20.5 Å². The minimum absolute atomic E-state index is 0.0852. The number of nitrogens with one attached hydrogen (secondary N) is 3. The van der Waals surface area contributed by atoms with Crippen LogP contribution in [0.3, 0.4) is 0 Å². The molecule has 0 saturated carbocycles. The number of benzene rings is 1. The number of pyridine rings is 1. The number of aromatic nitrogens is 1. The van der Waals surface area contributed by atoms with Crippen LogP contribution in [0.15, 0.2) is 54.5 Å².